The second kappa shape index (κ2) is 7.45. The lowest BCUT2D eigenvalue weighted by atomic mass is 10.3. The zero-order valence-electron chi connectivity index (χ0n) is 7.43. The molecule has 0 bridgehead atoms. The van der Waals surface area contributed by atoms with E-state index >= 15 is 0 Å². The van der Waals surface area contributed by atoms with Crippen LogP contribution in [0.3, 0.4) is 0 Å². The summed E-state index contributed by atoms with van der Waals surface area (Å²) in [5.41, 5.74) is 0. The second-order valence-corrected chi connectivity index (χ2v) is 3.59. The van der Waals surface area contributed by atoms with Gasteiger partial charge in [-0.2, -0.15) is 0 Å². The van der Waals surface area contributed by atoms with Gasteiger partial charge in [-0.05, 0) is 18.1 Å². The van der Waals surface area contributed by atoms with Crippen molar-refractivity contribution in [2.75, 3.05) is 5.88 Å². The van der Waals surface area contributed by atoms with E-state index in [9.17, 15) is 0 Å². The summed E-state index contributed by atoms with van der Waals surface area (Å²) >= 11 is 10.9. The molecule has 0 N–H and O–H groups in total. The number of hydrogen-bond donors (Lipinski definition) is 0. The fraction of sp³-hybridized carbons (Fsp3) is 0.400. The molecular formula is C10H14Cl2. The summed E-state index contributed by atoms with van der Waals surface area (Å²) < 4.78 is 0. The van der Waals surface area contributed by atoms with E-state index in [-0.39, 0.29) is 0 Å². The maximum atomic E-state index is 5.54. The molecule has 0 unspecified atom stereocenters. The minimum Gasteiger partial charge on any atom is -0.126 e. The standard InChI is InChI=1S/C6H5Cl.C4H9Cl/c7-6-4-2-1-3-5-6;1-4(2)3-5/h1-5H;4H,3H2,1-2H3. The molecule has 0 radical (unpaired) electrons. The summed E-state index contributed by atoms with van der Waals surface area (Å²) in [7, 11) is 0. The first-order valence-electron chi connectivity index (χ1n) is 3.93. The quantitative estimate of drug-likeness (QED) is 0.602. The first kappa shape index (κ1) is 11.8. The van der Waals surface area contributed by atoms with Gasteiger partial charge in [0, 0.05) is 10.9 Å². The summed E-state index contributed by atoms with van der Waals surface area (Å²) in [6, 6.07) is 9.44. The van der Waals surface area contributed by atoms with Crippen molar-refractivity contribution < 1.29 is 0 Å². The second-order valence-electron chi connectivity index (χ2n) is 2.84. The van der Waals surface area contributed by atoms with Crippen LogP contribution in [-0.4, -0.2) is 5.88 Å². The van der Waals surface area contributed by atoms with Gasteiger partial charge in [0.15, 0.2) is 0 Å². The lowest BCUT2D eigenvalue weighted by Crippen LogP contribution is -1.83. The van der Waals surface area contributed by atoms with Crippen LogP contribution in [0.25, 0.3) is 0 Å². The molecule has 0 amide bonds. The minimum atomic E-state index is 0.650. The Labute approximate surface area is 84.5 Å². The third kappa shape index (κ3) is 7.90. The van der Waals surface area contributed by atoms with Crippen molar-refractivity contribution in [2.45, 2.75) is 13.8 Å². The van der Waals surface area contributed by atoms with Crippen LogP contribution in [-0.2, 0) is 0 Å². The van der Waals surface area contributed by atoms with Crippen molar-refractivity contribution in [3.8, 4) is 0 Å². The van der Waals surface area contributed by atoms with Gasteiger partial charge in [-0.25, -0.2) is 0 Å². The van der Waals surface area contributed by atoms with Gasteiger partial charge in [0.2, 0.25) is 0 Å². The van der Waals surface area contributed by atoms with Gasteiger partial charge in [0.05, 0.1) is 0 Å². The average molecular weight is 205 g/mol. The number of halogens is 2. The Kier molecular flexibility index (Phi) is 7.33. The number of rotatable bonds is 1. The molecule has 2 heteroatoms. The maximum absolute atomic E-state index is 5.54. The van der Waals surface area contributed by atoms with E-state index in [4.69, 9.17) is 23.2 Å². The van der Waals surface area contributed by atoms with Gasteiger partial charge in [-0.3, -0.25) is 0 Å². The Balaban J connectivity index is 0.000000217. The van der Waals surface area contributed by atoms with E-state index in [1.54, 1.807) is 0 Å². The Morgan fingerprint density at radius 2 is 1.58 bits per heavy atom. The SMILES string of the molecule is CC(C)CCl.Clc1ccccc1. The van der Waals surface area contributed by atoms with Crippen LogP contribution in [0.4, 0.5) is 0 Å². The molecule has 0 heterocycles. The highest BCUT2D eigenvalue weighted by Crippen LogP contribution is 2.03. The molecular weight excluding hydrogens is 191 g/mol. The molecule has 1 aromatic rings. The highest BCUT2D eigenvalue weighted by Gasteiger charge is 1.82. The predicted molar refractivity (Wildman–Crippen MR) is 57.0 cm³/mol. The van der Waals surface area contributed by atoms with Crippen molar-refractivity contribution in [1.82, 2.24) is 0 Å². The van der Waals surface area contributed by atoms with Gasteiger partial charge in [0.25, 0.3) is 0 Å². The Morgan fingerprint density at radius 1 is 1.17 bits per heavy atom. The molecule has 12 heavy (non-hydrogen) atoms. The van der Waals surface area contributed by atoms with E-state index in [2.05, 4.69) is 13.8 Å². The van der Waals surface area contributed by atoms with Crippen LogP contribution in [0.15, 0.2) is 30.3 Å². The van der Waals surface area contributed by atoms with Gasteiger partial charge in [-0.1, -0.05) is 43.6 Å². The third-order valence-electron chi connectivity index (χ3n) is 1.04. The Bertz CT molecular complexity index is 182. The molecule has 1 rings (SSSR count). The highest BCUT2D eigenvalue weighted by atomic mass is 35.5. The zero-order chi connectivity index (χ0) is 9.40. The summed E-state index contributed by atoms with van der Waals surface area (Å²) in [4.78, 5) is 0. The van der Waals surface area contributed by atoms with Crippen molar-refractivity contribution >= 4 is 23.2 Å². The number of alkyl halides is 1. The van der Waals surface area contributed by atoms with E-state index in [0.717, 1.165) is 10.9 Å². The first-order valence-corrected chi connectivity index (χ1v) is 4.84. The van der Waals surface area contributed by atoms with E-state index < -0.39 is 0 Å². The Hall–Kier alpha value is -0.200. The predicted octanol–water partition coefficient (Wildman–Crippen LogP) is 4.22. The summed E-state index contributed by atoms with van der Waals surface area (Å²) in [5, 5.41) is 0.794. The van der Waals surface area contributed by atoms with E-state index in [0.29, 0.717) is 5.92 Å². The van der Waals surface area contributed by atoms with Crippen molar-refractivity contribution in [3.05, 3.63) is 35.4 Å². The smallest absolute Gasteiger partial charge is 0.0405 e. The fourth-order valence-electron chi connectivity index (χ4n) is 0.415. The molecule has 0 nitrogen and oxygen atoms in total. The fourth-order valence-corrected chi connectivity index (χ4v) is 0.560. The molecule has 0 aliphatic rings. The third-order valence-corrected chi connectivity index (χ3v) is 1.91. The molecule has 68 valence electrons. The lowest BCUT2D eigenvalue weighted by Gasteiger charge is -1.88. The zero-order valence-corrected chi connectivity index (χ0v) is 8.94. The lowest BCUT2D eigenvalue weighted by molar-refractivity contribution is 0.745. The molecule has 0 aliphatic carbocycles. The minimum absolute atomic E-state index is 0.650. The van der Waals surface area contributed by atoms with Crippen LogP contribution >= 0.6 is 23.2 Å². The largest absolute Gasteiger partial charge is 0.126 e. The van der Waals surface area contributed by atoms with Crippen molar-refractivity contribution in [3.63, 3.8) is 0 Å². The van der Waals surface area contributed by atoms with Crippen LogP contribution < -0.4 is 0 Å². The molecule has 0 spiro atoms. The highest BCUT2D eigenvalue weighted by molar-refractivity contribution is 6.30. The Morgan fingerprint density at radius 3 is 1.75 bits per heavy atom. The molecule has 1 aromatic carbocycles. The van der Waals surface area contributed by atoms with E-state index in [1.807, 2.05) is 30.3 Å². The van der Waals surface area contributed by atoms with Crippen LogP contribution in [0.2, 0.25) is 5.02 Å². The first-order chi connectivity index (χ1) is 5.66. The van der Waals surface area contributed by atoms with Gasteiger partial charge in [-0.15, -0.1) is 11.6 Å². The molecule has 0 atom stereocenters. The summed E-state index contributed by atoms with van der Waals surface area (Å²) in [6.07, 6.45) is 0. The van der Waals surface area contributed by atoms with Crippen LogP contribution in [0, 0.1) is 5.92 Å². The van der Waals surface area contributed by atoms with Crippen LogP contribution in [0.1, 0.15) is 13.8 Å². The molecule has 0 saturated heterocycles. The van der Waals surface area contributed by atoms with Gasteiger partial charge < -0.3 is 0 Å². The molecule has 0 fully saturated rings. The van der Waals surface area contributed by atoms with Crippen molar-refractivity contribution in [1.29, 1.82) is 0 Å². The van der Waals surface area contributed by atoms with E-state index in [1.165, 1.54) is 0 Å². The number of benzene rings is 1. The number of hydrogen-bond acceptors (Lipinski definition) is 0. The van der Waals surface area contributed by atoms with Crippen LogP contribution in [0.5, 0.6) is 0 Å². The summed E-state index contributed by atoms with van der Waals surface area (Å²) in [6.45, 7) is 4.18. The normalized spacial score (nSPS) is 9.08. The topological polar surface area (TPSA) is 0 Å². The van der Waals surface area contributed by atoms with Gasteiger partial charge in [0.1, 0.15) is 0 Å². The molecule has 0 aromatic heterocycles. The molecule has 0 saturated carbocycles. The monoisotopic (exact) mass is 204 g/mol. The molecule has 0 aliphatic heterocycles. The van der Waals surface area contributed by atoms with Gasteiger partial charge >= 0.3 is 0 Å². The summed E-state index contributed by atoms with van der Waals surface area (Å²) in [5.74, 6) is 1.43. The average Bonchev–Trinajstić information content (AvgIpc) is 2.07. The maximum Gasteiger partial charge on any atom is 0.0405 e. The van der Waals surface area contributed by atoms with Crippen molar-refractivity contribution in [2.24, 2.45) is 5.92 Å².